The zero-order valence-corrected chi connectivity index (χ0v) is 17.4. The average Bonchev–Trinajstić information content (AvgIpc) is 2.59. The summed E-state index contributed by atoms with van der Waals surface area (Å²) in [5.74, 6) is 0.287. The molecule has 0 bridgehead atoms. The van der Waals surface area contributed by atoms with E-state index in [9.17, 15) is 4.79 Å². The van der Waals surface area contributed by atoms with Crippen LogP contribution in [-0.4, -0.2) is 17.1 Å². The number of hydrogen-bond donors (Lipinski definition) is 3. The van der Waals surface area contributed by atoms with Gasteiger partial charge >= 0.3 is 0 Å². The highest BCUT2D eigenvalue weighted by molar-refractivity contribution is 7.80. The van der Waals surface area contributed by atoms with Gasteiger partial charge in [0, 0.05) is 10.7 Å². The van der Waals surface area contributed by atoms with Gasteiger partial charge in [-0.3, -0.25) is 15.6 Å². The molecule has 0 aliphatic carbocycles. The normalized spacial score (nSPS) is 12.0. The Morgan fingerprint density at radius 3 is 2.37 bits per heavy atom. The van der Waals surface area contributed by atoms with Gasteiger partial charge in [-0.05, 0) is 60.5 Å². The molecule has 3 N–H and O–H groups in total. The van der Waals surface area contributed by atoms with Gasteiger partial charge in [0.15, 0.2) is 11.2 Å². The molecule has 0 heterocycles. The minimum Gasteiger partial charge on any atom is -0.481 e. The van der Waals surface area contributed by atoms with Crippen molar-refractivity contribution in [1.29, 1.82) is 0 Å². The summed E-state index contributed by atoms with van der Waals surface area (Å²) in [5.41, 5.74) is 7.15. The van der Waals surface area contributed by atoms with Gasteiger partial charge in [0.05, 0.1) is 0 Å². The van der Waals surface area contributed by atoms with Crippen LogP contribution >= 0.6 is 23.8 Å². The van der Waals surface area contributed by atoms with E-state index in [-0.39, 0.29) is 16.4 Å². The Kier molecular flexibility index (Phi) is 7.05. The van der Waals surface area contributed by atoms with Crippen LogP contribution in [0, 0.1) is 0 Å². The number of thiocarbonyl (C=S) groups is 1. The summed E-state index contributed by atoms with van der Waals surface area (Å²) in [5, 5.41) is 3.76. The highest BCUT2D eigenvalue weighted by Crippen LogP contribution is 2.24. The maximum Gasteiger partial charge on any atom is 0.279 e. The zero-order chi connectivity index (χ0) is 20.0. The number of anilines is 1. The molecule has 2 rings (SSSR count). The number of benzene rings is 2. The number of amides is 1. The van der Waals surface area contributed by atoms with E-state index in [0.29, 0.717) is 10.8 Å². The van der Waals surface area contributed by atoms with E-state index in [4.69, 9.17) is 28.6 Å². The molecule has 0 unspecified atom stereocenters. The molecule has 0 radical (unpaired) electrons. The molecule has 7 heteroatoms. The summed E-state index contributed by atoms with van der Waals surface area (Å²) in [6, 6.07) is 14.8. The third-order valence-corrected chi connectivity index (χ3v) is 4.22. The van der Waals surface area contributed by atoms with Gasteiger partial charge in [-0.1, -0.05) is 50.6 Å². The van der Waals surface area contributed by atoms with Gasteiger partial charge in [0.1, 0.15) is 5.75 Å². The summed E-state index contributed by atoms with van der Waals surface area (Å²) in [6.45, 7) is 8.10. The summed E-state index contributed by atoms with van der Waals surface area (Å²) < 4.78 is 5.68. The van der Waals surface area contributed by atoms with Gasteiger partial charge in [-0.2, -0.15) is 0 Å². The summed E-state index contributed by atoms with van der Waals surface area (Å²) in [7, 11) is 0. The fraction of sp³-hybridized carbons (Fsp3) is 0.300. The van der Waals surface area contributed by atoms with Crippen molar-refractivity contribution >= 4 is 40.5 Å². The van der Waals surface area contributed by atoms with Gasteiger partial charge in [-0.25, -0.2) is 0 Å². The molecule has 5 nitrogen and oxygen atoms in total. The third-order valence-electron chi connectivity index (χ3n) is 3.78. The predicted molar refractivity (Wildman–Crippen MR) is 114 cm³/mol. The van der Waals surface area contributed by atoms with Crippen molar-refractivity contribution in [2.75, 3.05) is 5.32 Å². The topological polar surface area (TPSA) is 62.4 Å². The third kappa shape index (κ3) is 6.73. The first-order chi connectivity index (χ1) is 12.6. The van der Waals surface area contributed by atoms with Crippen LogP contribution in [0.3, 0.4) is 0 Å². The quantitative estimate of drug-likeness (QED) is 0.519. The Morgan fingerprint density at radius 2 is 1.78 bits per heavy atom. The molecule has 2 aromatic carbocycles. The fourth-order valence-electron chi connectivity index (χ4n) is 2.24. The minimum absolute atomic E-state index is 0.0666. The molecule has 0 fully saturated rings. The van der Waals surface area contributed by atoms with Crippen LogP contribution in [0.4, 0.5) is 5.69 Å². The van der Waals surface area contributed by atoms with Crippen LogP contribution in [0.25, 0.3) is 0 Å². The molecule has 0 aromatic heterocycles. The molecule has 1 amide bonds. The van der Waals surface area contributed by atoms with Gasteiger partial charge < -0.3 is 10.1 Å². The lowest BCUT2D eigenvalue weighted by Crippen LogP contribution is -2.48. The van der Waals surface area contributed by atoms with E-state index < -0.39 is 6.10 Å². The number of hydrazine groups is 1. The van der Waals surface area contributed by atoms with Gasteiger partial charge in [0.2, 0.25) is 0 Å². The molecule has 0 saturated heterocycles. The number of rotatable bonds is 4. The number of carbonyl (C=O) groups excluding carboxylic acids is 1. The van der Waals surface area contributed by atoms with E-state index in [1.165, 1.54) is 5.56 Å². The molecular formula is C20H24ClN3O2S. The largest absolute Gasteiger partial charge is 0.481 e. The number of ether oxygens (including phenoxy) is 1. The SMILES string of the molecule is C[C@H](Oc1ccc(C(C)(C)C)cc1)C(=O)NNC(=S)Nc1cccc(Cl)c1. The van der Waals surface area contributed by atoms with E-state index in [1.54, 1.807) is 25.1 Å². The van der Waals surface area contributed by atoms with Crippen molar-refractivity contribution in [3.63, 3.8) is 0 Å². The first-order valence-corrected chi connectivity index (χ1v) is 9.33. The number of halogens is 1. The van der Waals surface area contributed by atoms with Crippen LogP contribution in [0.2, 0.25) is 5.02 Å². The van der Waals surface area contributed by atoms with Crippen molar-refractivity contribution in [2.24, 2.45) is 0 Å². The zero-order valence-electron chi connectivity index (χ0n) is 15.8. The van der Waals surface area contributed by atoms with Crippen molar-refractivity contribution in [1.82, 2.24) is 10.9 Å². The predicted octanol–water partition coefficient (Wildman–Crippen LogP) is 4.42. The smallest absolute Gasteiger partial charge is 0.279 e. The van der Waals surface area contributed by atoms with E-state index in [2.05, 4.69) is 36.9 Å². The molecule has 1 atom stereocenters. The fourth-order valence-corrected chi connectivity index (χ4v) is 2.60. The number of carbonyl (C=O) groups is 1. The summed E-state index contributed by atoms with van der Waals surface area (Å²) in [4.78, 5) is 12.2. The maximum absolute atomic E-state index is 12.2. The lowest BCUT2D eigenvalue weighted by molar-refractivity contribution is -0.127. The number of hydrogen-bond acceptors (Lipinski definition) is 3. The molecule has 2 aromatic rings. The first-order valence-electron chi connectivity index (χ1n) is 8.55. The Morgan fingerprint density at radius 1 is 1.11 bits per heavy atom. The second-order valence-electron chi connectivity index (χ2n) is 7.11. The molecule has 0 saturated carbocycles. The Hall–Kier alpha value is -2.31. The Bertz CT molecular complexity index is 804. The van der Waals surface area contributed by atoms with Crippen molar-refractivity contribution in [2.45, 2.75) is 39.2 Å². The first kappa shape index (κ1) is 21.0. The van der Waals surface area contributed by atoms with Gasteiger partial charge in [-0.15, -0.1) is 0 Å². The molecule has 27 heavy (non-hydrogen) atoms. The summed E-state index contributed by atoms with van der Waals surface area (Å²) >= 11 is 11.1. The Balaban J connectivity index is 1.82. The lowest BCUT2D eigenvalue weighted by Gasteiger charge is -2.20. The van der Waals surface area contributed by atoms with Crippen LogP contribution in [0.5, 0.6) is 5.75 Å². The van der Waals surface area contributed by atoms with Crippen molar-refractivity contribution in [3.8, 4) is 5.75 Å². The second-order valence-corrected chi connectivity index (χ2v) is 7.96. The summed E-state index contributed by atoms with van der Waals surface area (Å²) in [6.07, 6.45) is -0.688. The monoisotopic (exact) mass is 405 g/mol. The maximum atomic E-state index is 12.2. The second kappa shape index (κ2) is 9.06. The van der Waals surface area contributed by atoms with Crippen LogP contribution in [0.1, 0.15) is 33.3 Å². The van der Waals surface area contributed by atoms with Gasteiger partial charge in [0.25, 0.3) is 5.91 Å². The highest BCUT2D eigenvalue weighted by atomic mass is 35.5. The van der Waals surface area contributed by atoms with E-state index in [0.717, 1.165) is 5.69 Å². The molecule has 0 spiro atoms. The molecule has 0 aliphatic rings. The molecular weight excluding hydrogens is 382 g/mol. The minimum atomic E-state index is -0.688. The van der Waals surface area contributed by atoms with Crippen molar-refractivity contribution < 1.29 is 9.53 Å². The highest BCUT2D eigenvalue weighted by Gasteiger charge is 2.16. The van der Waals surface area contributed by atoms with Crippen LogP contribution < -0.4 is 20.9 Å². The van der Waals surface area contributed by atoms with Crippen molar-refractivity contribution in [3.05, 3.63) is 59.1 Å². The number of nitrogens with one attached hydrogen (secondary N) is 3. The van der Waals surface area contributed by atoms with E-state index in [1.807, 2.05) is 30.3 Å². The lowest BCUT2D eigenvalue weighted by atomic mass is 9.87. The standard InChI is InChI=1S/C20H24ClN3O2S/c1-13(26-17-10-8-14(9-11-17)20(2,3)4)18(25)23-24-19(27)22-16-7-5-6-15(21)12-16/h5-13H,1-4H3,(H,23,25)(H2,22,24,27)/t13-/m0/s1. The van der Waals surface area contributed by atoms with E-state index >= 15 is 0 Å². The molecule has 144 valence electrons. The Labute approximate surface area is 170 Å². The average molecular weight is 406 g/mol. The molecule has 0 aliphatic heterocycles. The van der Waals surface area contributed by atoms with Crippen LogP contribution in [-0.2, 0) is 10.2 Å². The van der Waals surface area contributed by atoms with Crippen LogP contribution in [0.15, 0.2) is 48.5 Å².